The Morgan fingerprint density at radius 1 is 1.03 bits per heavy atom. The number of unbranched alkanes of at least 4 members (excludes halogenated alkanes) is 2. The van der Waals surface area contributed by atoms with Crippen LogP contribution in [0.15, 0.2) is 64.7 Å². The molecule has 182 valence electrons. The van der Waals surface area contributed by atoms with E-state index in [1.807, 2.05) is 12.1 Å². The van der Waals surface area contributed by atoms with Crippen LogP contribution in [0, 0.1) is 23.2 Å². The third-order valence-corrected chi connectivity index (χ3v) is 8.74. The number of phenolic OH excluding ortho intramolecular Hbond substituents is 1. The van der Waals surface area contributed by atoms with Crippen molar-refractivity contribution < 1.29 is 24.2 Å². The van der Waals surface area contributed by atoms with Crippen LogP contribution in [0.4, 0.5) is 0 Å². The number of fused-ring (bicyclic) bond motifs is 1. The summed E-state index contributed by atoms with van der Waals surface area (Å²) in [5.41, 5.74) is 3.78. The summed E-state index contributed by atoms with van der Waals surface area (Å²) in [7, 11) is 0. The molecule has 0 amide bonds. The first-order valence-electron chi connectivity index (χ1n) is 13.1. The number of carbonyl (C=O) groups excluding carboxylic acids is 2. The lowest BCUT2D eigenvalue weighted by atomic mass is 9.44. The van der Waals surface area contributed by atoms with Gasteiger partial charge in [0, 0.05) is 17.1 Å². The van der Waals surface area contributed by atoms with E-state index in [9.17, 15) is 14.7 Å². The molecule has 1 spiro atoms. The zero-order valence-electron chi connectivity index (χ0n) is 20.4. The van der Waals surface area contributed by atoms with E-state index >= 15 is 0 Å². The Hall–Kier alpha value is -3.08. The molecule has 2 heterocycles. The third kappa shape index (κ3) is 3.06. The fourth-order valence-corrected chi connectivity index (χ4v) is 7.50. The summed E-state index contributed by atoms with van der Waals surface area (Å²) < 4.78 is 11.9. The van der Waals surface area contributed by atoms with E-state index in [0.717, 1.165) is 85.2 Å². The Labute approximate surface area is 206 Å². The summed E-state index contributed by atoms with van der Waals surface area (Å²) >= 11 is 0. The number of cyclic esters (lactones) is 2. The molecule has 1 saturated carbocycles. The Balaban J connectivity index is 1.61. The molecule has 5 nitrogen and oxygen atoms in total. The van der Waals surface area contributed by atoms with Crippen molar-refractivity contribution in [2.45, 2.75) is 65.2 Å². The first kappa shape index (κ1) is 22.4. The minimum atomic E-state index is -0.646. The Morgan fingerprint density at radius 3 is 2.60 bits per heavy atom. The zero-order chi connectivity index (χ0) is 24.3. The number of rotatable bonds is 5. The second kappa shape index (κ2) is 8.25. The highest BCUT2D eigenvalue weighted by Crippen LogP contribution is 2.71. The first-order chi connectivity index (χ1) is 17.0. The number of ether oxygens (including phenoxy) is 2. The molecule has 7 rings (SSSR count). The van der Waals surface area contributed by atoms with E-state index in [1.54, 1.807) is 12.1 Å². The van der Waals surface area contributed by atoms with Crippen LogP contribution in [-0.2, 0) is 19.1 Å². The van der Waals surface area contributed by atoms with Gasteiger partial charge in [-0.25, -0.2) is 9.59 Å². The fraction of sp³-hybridized carbons (Fsp3) is 0.467. The summed E-state index contributed by atoms with van der Waals surface area (Å²) in [6.45, 7) is 4.23. The average molecular weight is 473 g/mol. The molecule has 6 aliphatic rings. The van der Waals surface area contributed by atoms with Gasteiger partial charge in [0.25, 0.3) is 0 Å². The monoisotopic (exact) mass is 472 g/mol. The summed E-state index contributed by atoms with van der Waals surface area (Å²) in [6, 6.07) is 7.23. The average Bonchev–Trinajstić information content (AvgIpc) is 3.35. The second-order valence-electron chi connectivity index (χ2n) is 10.5. The molecule has 1 aromatic rings. The number of hydrogen-bond donors (Lipinski definition) is 1. The van der Waals surface area contributed by atoms with Crippen LogP contribution < -0.4 is 0 Å². The van der Waals surface area contributed by atoms with Crippen molar-refractivity contribution in [3.05, 3.63) is 70.2 Å². The molecule has 0 aromatic heterocycles. The maximum Gasteiger partial charge on any atom is 0.340 e. The van der Waals surface area contributed by atoms with Crippen molar-refractivity contribution >= 4 is 17.5 Å². The van der Waals surface area contributed by atoms with Crippen molar-refractivity contribution in [3.8, 4) is 5.75 Å². The smallest absolute Gasteiger partial charge is 0.340 e. The lowest BCUT2D eigenvalue weighted by Crippen LogP contribution is -2.52. The van der Waals surface area contributed by atoms with Gasteiger partial charge in [0.2, 0.25) is 0 Å². The number of benzene rings is 1. The van der Waals surface area contributed by atoms with Gasteiger partial charge in [0.1, 0.15) is 17.3 Å². The number of carbonyl (C=O) groups is 2. The Bertz CT molecular complexity index is 1240. The van der Waals surface area contributed by atoms with Crippen molar-refractivity contribution in [1.29, 1.82) is 0 Å². The lowest BCUT2D eigenvalue weighted by molar-refractivity contribution is -0.135. The van der Waals surface area contributed by atoms with E-state index in [-0.39, 0.29) is 35.4 Å². The number of aromatic hydroxyl groups is 1. The standard InChI is InChI=1S/C30H32O5/c1-3-5-10-22-21-13-12-20-19-14-15-30(26(20)25(21)28(32)34-22)23(11-6-4-2)35-29(33)27(30)24(19)17-8-7-9-18(31)16-17/h7-11,16,19-20,26,31H,3-6,12-15H2,1-2H3/t19-,20-,26-,30-/m0/s1. The van der Waals surface area contributed by atoms with Crippen LogP contribution in [0.1, 0.15) is 70.8 Å². The molecule has 35 heavy (non-hydrogen) atoms. The summed E-state index contributed by atoms with van der Waals surface area (Å²) in [6.07, 6.45) is 11.3. The van der Waals surface area contributed by atoms with Crippen molar-refractivity contribution in [2.75, 3.05) is 0 Å². The van der Waals surface area contributed by atoms with Crippen LogP contribution in [0.3, 0.4) is 0 Å². The number of phenols is 1. The second-order valence-corrected chi connectivity index (χ2v) is 10.5. The predicted octanol–water partition coefficient (Wildman–Crippen LogP) is 6.36. The predicted molar refractivity (Wildman–Crippen MR) is 132 cm³/mol. The topological polar surface area (TPSA) is 72.8 Å². The van der Waals surface area contributed by atoms with Crippen LogP contribution >= 0.6 is 0 Å². The van der Waals surface area contributed by atoms with E-state index in [4.69, 9.17) is 9.47 Å². The zero-order valence-corrected chi connectivity index (χ0v) is 20.4. The van der Waals surface area contributed by atoms with Crippen molar-refractivity contribution in [3.63, 3.8) is 0 Å². The summed E-state index contributed by atoms with van der Waals surface area (Å²) in [4.78, 5) is 26.9. The summed E-state index contributed by atoms with van der Waals surface area (Å²) in [5.74, 6) is 1.35. The van der Waals surface area contributed by atoms with Gasteiger partial charge in [-0.1, -0.05) is 38.8 Å². The largest absolute Gasteiger partial charge is 0.508 e. The van der Waals surface area contributed by atoms with Gasteiger partial charge in [-0.3, -0.25) is 0 Å². The number of allylic oxidation sites excluding steroid dienone is 5. The molecule has 4 aliphatic carbocycles. The summed E-state index contributed by atoms with van der Waals surface area (Å²) in [5, 5.41) is 10.3. The maximum absolute atomic E-state index is 13.6. The van der Waals surface area contributed by atoms with Crippen LogP contribution in [0.25, 0.3) is 5.57 Å². The van der Waals surface area contributed by atoms with E-state index in [2.05, 4.69) is 26.0 Å². The van der Waals surface area contributed by atoms with Crippen LogP contribution in [-0.4, -0.2) is 17.0 Å². The normalized spacial score (nSPS) is 33.3. The van der Waals surface area contributed by atoms with E-state index < -0.39 is 5.41 Å². The van der Waals surface area contributed by atoms with Gasteiger partial charge in [-0.05, 0) is 85.8 Å². The molecule has 2 bridgehead atoms. The lowest BCUT2D eigenvalue weighted by Gasteiger charge is -2.56. The van der Waals surface area contributed by atoms with Crippen LogP contribution in [0.5, 0.6) is 5.75 Å². The van der Waals surface area contributed by atoms with Gasteiger partial charge in [0.15, 0.2) is 0 Å². The van der Waals surface area contributed by atoms with E-state index in [1.165, 1.54) is 0 Å². The van der Waals surface area contributed by atoms with Gasteiger partial charge in [-0.2, -0.15) is 0 Å². The van der Waals surface area contributed by atoms with E-state index in [0.29, 0.717) is 5.57 Å². The molecule has 1 N–H and O–H groups in total. The van der Waals surface area contributed by atoms with Gasteiger partial charge in [0.05, 0.1) is 11.0 Å². The number of hydrogen-bond acceptors (Lipinski definition) is 5. The van der Waals surface area contributed by atoms with Crippen LogP contribution in [0.2, 0.25) is 0 Å². The molecule has 2 aliphatic heterocycles. The molecule has 0 radical (unpaired) electrons. The van der Waals surface area contributed by atoms with Crippen molar-refractivity contribution in [2.24, 2.45) is 23.2 Å². The molecule has 4 atom stereocenters. The Morgan fingerprint density at radius 2 is 1.83 bits per heavy atom. The minimum Gasteiger partial charge on any atom is -0.508 e. The molecular weight excluding hydrogens is 440 g/mol. The highest BCUT2D eigenvalue weighted by atomic mass is 16.5. The molecule has 1 saturated heterocycles. The highest BCUT2D eigenvalue weighted by molar-refractivity contribution is 6.06. The Kier molecular flexibility index (Phi) is 5.28. The SMILES string of the molecule is CCCC=C1OC(=O)C2=C1CC[C@H]1[C@@H]3CC[C@]4(C(=CCCC)OC(=O)C4=C3c3cccc(O)c3)[C@H]21. The number of esters is 2. The van der Waals surface area contributed by atoms with Gasteiger partial charge >= 0.3 is 11.9 Å². The molecular formula is C30H32O5. The van der Waals surface area contributed by atoms with Gasteiger partial charge < -0.3 is 14.6 Å². The fourth-order valence-electron chi connectivity index (χ4n) is 7.50. The molecule has 2 fully saturated rings. The minimum absolute atomic E-state index is 0.115. The molecule has 1 aromatic carbocycles. The molecule has 0 unspecified atom stereocenters. The van der Waals surface area contributed by atoms with Crippen molar-refractivity contribution in [1.82, 2.24) is 0 Å². The quantitative estimate of drug-likeness (QED) is 0.505. The maximum atomic E-state index is 13.6. The molecule has 5 heteroatoms. The first-order valence-corrected chi connectivity index (χ1v) is 13.1. The van der Waals surface area contributed by atoms with Gasteiger partial charge in [-0.15, -0.1) is 0 Å². The third-order valence-electron chi connectivity index (χ3n) is 8.74. The highest BCUT2D eigenvalue weighted by Gasteiger charge is 2.68.